The molecule has 1 aromatic carbocycles. The Bertz CT molecular complexity index is 265. The lowest BCUT2D eigenvalue weighted by Gasteiger charge is -2.09. The van der Waals surface area contributed by atoms with Gasteiger partial charge in [0, 0.05) is 6.54 Å². The molecule has 1 rings (SSSR count). The van der Waals surface area contributed by atoms with Gasteiger partial charge in [-0.05, 0) is 5.56 Å². The van der Waals surface area contributed by atoms with Crippen LogP contribution >= 0.6 is 24.8 Å². The molecule has 5 nitrogen and oxygen atoms in total. The van der Waals surface area contributed by atoms with Crippen LogP contribution in [0.1, 0.15) is 5.56 Å². The average Bonchev–Trinajstić information content (AvgIpc) is 2.29. The van der Waals surface area contributed by atoms with E-state index in [4.69, 9.17) is 20.5 Å². The molecule has 0 aromatic heterocycles. The van der Waals surface area contributed by atoms with E-state index in [0.29, 0.717) is 6.61 Å². The highest BCUT2D eigenvalue weighted by molar-refractivity contribution is 5.85. The van der Waals surface area contributed by atoms with Crippen molar-refractivity contribution in [1.29, 1.82) is 0 Å². The third-order valence-corrected chi connectivity index (χ3v) is 1.75. The number of nitrogens with one attached hydrogen (secondary N) is 1. The number of benzene rings is 1. The second kappa shape index (κ2) is 12.1. The highest BCUT2D eigenvalue weighted by Crippen LogP contribution is 1.98. The van der Waals surface area contributed by atoms with E-state index in [2.05, 4.69) is 5.64 Å². The summed E-state index contributed by atoms with van der Waals surface area (Å²) in [5.41, 5.74) is 8.50. The molecule has 0 aliphatic carbocycles. The largest absolute Gasteiger partial charge is 0.389 e. The number of nitrogens with two attached hydrogens (primary N) is 1. The summed E-state index contributed by atoms with van der Waals surface area (Å²) < 4.78 is 0. The maximum absolute atomic E-state index is 9.03. The smallest absolute Gasteiger partial charge is 0.0980 e. The van der Waals surface area contributed by atoms with Crippen LogP contribution < -0.4 is 11.4 Å². The zero-order chi connectivity index (χ0) is 10.9. The van der Waals surface area contributed by atoms with E-state index >= 15 is 0 Å². The van der Waals surface area contributed by atoms with Crippen LogP contribution in [-0.4, -0.2) is 24.4 Å². The predicted molar refractivity (Wildman–Crippen MR) is 69.9 cm³/mol. The van der Waals surface area contributed by atoms with E-state index in [1.165, 1.54) is 0 Å². The summed E-state index contributed by atoms with van der Waals surface area (Å²) in [6.45, 7) is 0.672. The summed E-state index contributed by atoms with van der Waals surface area (Å²) in [7, 11) is 0. The molecule has 4 N–H and O–H groups in total. The first-order valence-electron chi connectivity index (χ1n) is 4.73. The standard InChI is InChI=1S/C10H16N2O3.2ClH/c11-6-10(13)8-15-12-14-7-9-4-2-1-3-5-9;;/h1-5,10,12-13H,6-8,11H2;2*1H. The lowest BCUT2D eigenvalue weighted by Crippen LogP contribution is -2.29. The van der Waals surface area contributed by atoms with E-state index in [1.54, 1.807) is 0 Å². The zero-order valence-corrected chi connectivity index (χ0v) is 10.9. The van der Waals surface area contributed by atoms with E-state index in [9.17, 15) is 0 Å². The predicted octanol–water partition coefficient (Wildman–Crippen LogP) is 0.803. The van der Waals surface area contributed by atoms with Gasteiger partial charge in [0.2, 0.25) is 0 Å². The lowest BCUT2D eigenvalue weighted by atomic mass is 10.2. The first kappa shape index (κ1) is 19.0. The molecule has 0 aliphatic heterocycles. The quantitative estimate of drug-likeness (QED) is 0.510. The maximum atomic E-state index is 9.03. The van der Waals surface area contributed by atoms with Gasteiger partial charge in [0.1, 0.15) is 0 Å². The van der Waals surface area contributed by atoms with Crippen molar-refractivity contribution in [3.8, 4) is 0 Å². The molecule has 0 spiro atoms. The van der Waals surface area contributed by atoms with Crippen LogP contribution in [0.2, 0.25) is 0 Å². The first-order valence-corrected chi connectivity index (χ1v) is 4.73. The summed E-state index contributed by atoms with van der Waals surface area (Å²) in [6.07, 6.45) is -0.669. The molecule has 0 radical (unpaired) electrons. The Kier molecular flexibility index (Phi) is 13.5. The highest BCUT2D eigenvalue weighted by Gasteiger charge is 1.99. The molecular formula is C10H18Cl2N2O3. The molecule has 0 fully saturated rings. The molecule has 0 aliphatic rings. The van der Waals surface area contributed by atoms with Crippen LogP contribution in [0.3, 0.4) is 0 Å². The summed E-state index contributed by atoms with van der Waals surface area (Å²) in [6, 6.07) is 9.67. The second-order valence-corrected chi connectivity index (χ2v) is 3.06. The van der Waals surface area contributed by atoms with Gasteiger partial charge in [-0.15, -0.1) is 24.8 Å². The van der Waals surface area contributed by atoms with Crippen LogP contribution in [0.25, 0.3) is 0 Å². The number of rotatable bonds is 7. The fraction of sp³-hybridized carbons (Fsp3) is 0.400. The van der Waals surface area contributed by atoms with Crippen molar-refractivity contribution in [2.75, 3.05) is 13.2 Å². The Hall–Kier alpha value is -0.400. The van der Waals surface area contributed by atoms with Gasteiger partial charge in [0.15, 0.2) is 0 Å². The monoisotopic (exact) mass is 284 g/mol. The molecule has 0 amide bonds. The van der Waals surface area contributed by atoms with E-state index < -0.39 is 6.10 Å². The van der Waals surface area contributed by atoms with E-state index in [1.807, 2.05) is 30.3 Å². The Morgan fingerprint density at radius 2 is 1.82 bits per heavy atom. The number of aliphatic hydroxyl groups is 1. The SMILES string of the molecule is Cl.Cl.NCC(O)CONOCc1ccccc1. The second-order valence-electron chi connectivity index (χ2n) is 3.06. The minimum absolute atomic E-state index is 0. The van der Waals surface area contributed by atoms with Gasteiger partial charge in [0.05, 0.1) is 19.3 Å². The van der Waals surface area contributed by atoms with Crippen LogP contribution in [0, 0.1) is 0 Å². The molecule has 0 saturated carbocycles. The summed E-state index contributed by atoms with van der Waals surface area (Å²) in [5.74, 6) is 0. The Morgan fingerprint density at radius 3 is 2.41 bits per heavy atom. The number of hydrogen-bond acceptors (Lipinski definition) is 5. The normalized spacial score (nSPS) is 11.2. The maximum Gasteiger partial charge on any atom is 0.0980 e. The molecule has 100 valence electrons. The van der Waals surface area contributed by atoms with Crippen molar-refractivity contribution in [3.05, 3.63) is 35.9 Å². The summed E-state index contributed by atoms with van der Waals surface area (Å²) >= 11 is 0. The van der Waals surface area contributed by atoms with Gasteiger partial charge in [-0.2, -0.15) is 0 Å². The number of hydrogen-bond donors (Lipinski definition) is 3. The molecule has 1 aromatic rings. The lowest BCUT2D eigenvalue weighted by molar-refractivity contribution is -0.189. The highest BCUT2D eigenvalue weighted by atomic mass is 35.5. The third kappa shape index (κ3) is 9.31. The van der Waals surface area contributed by atoms with Gasteiger partial charge in [-0.1, -0.05) is 36.0 Å². The van der Waals surface area contributed by atoms with E-state index in [0.717, 1.165) is 5.56 Å². The average molecular weight is 285 g/mol. The molecular weight excluding hydrogens is 267 g/mol. The van der Waals surface area contributed by atoms with Crippen molar-refractivity contribution < 1.29 is 14.8 Å². The van der Waals surface area contributed by atoms with Crippen LogP contribution in [0.5, 0.6) is 0 Å². The summed E-state index contributed by atoms with van der Waals surface area (Å²) in [5, 5.41) is 9.03. The Labute approximate surface area is 113 Å². The molecule has 1 unspecified atom stereocenters. The third-order valence-electron chi connectivity index (χ3n) is 1.75. The fourth-order valence-corrected chi connectivity index (χ4v) is 0.927. The summed E-state index contributed by atoms with van der Waals surface area (Å²) in [4.78, 5) is 9.80. The van der Waals surface area contributed by atoms with Gasteiger partial charge in [-0.3, -0.25) is 9.68 Å². The minimum Gasteiger partial charge on any atom is -0.389 e. The van der Waals surface area contributed by atoms with Crippen molar-refractivity contribution >= 4 is 24.8 Å². The molecule has 1 atom stereocenters. The fourth-order valence-electron chi connectivity index (χ4n) is 0.927. The van der Waals surface area contributed by atoms with Crippen LogP contribution in [0.4, 0.5) is 0 Å². The molecule has 0 heterocycles. The Balaban J connectivity index is 0. The zero-order valence-electron chi connectivity index (χ0n) is 9.24. The number of halogens is 2. The van der Waals surface area contributed by atoms with Crippen molar-refractivity contribution in [2.24, 2.45) is 5.73 Å². The minimum atomic E-state index is -0.669. The van der Waals surface area contributed by atoms with Gasteiger partial charge < -0.3 is 10.8 Å². The van der Waals surface area contributed by atoms with Crippen molar-refractivity contribution in [2.45, 2.75) is 12.7 Å². The molecule has 7 heteroatoms. The van der Waals surface area contributed by atoms with Crippen LogP contribution in [0.15, 0.2) is 30.3 Å². The molecule has 0 saturated heterocycles. The van der Waals surface area contributed by atoms with E-state index in [-0.39, 0.29) is 38.0 Å². The van der Waals surface area contributed by atoms with Crippen molar-refractivity contribution in [3.63, 3.8) is 0 Å². The van der Waals surface area contributed by atoms with Gasteiger partial charge >= 0.3 is 0 Å². The number of aliphatic hydroxyl groups excluding tert-OH is 1. The molecule has 0 bridgehead atoms. The van der Waals surface area contributed by atoms with Crippen LogP contribution in [-0.2, 0) is 16.3 Å². The van der Waals surface area contributed by atoms with Gasteiger partial charge in [-0.25, -0.2) is 0 Å². The first-order chi connectivity index (χ1) is 7.33. The molecule has 17 heavy (non-hydrogen) atoms. The topological polar surface area (TPSA) is 76.7 Å². The van der Waals surface area contributed by atoms with Gasteiger partial charge in [0.25, 0.3) is 0 Å². The Morgan fingerprint density at radius 1 is 1.18 bits per heavy atom. The van der Waals surface area contributed by atoms with Crippen molar-refractivity contribution in [1.82, 2.24) is 5.64 Å².